The number of carbonyl (C=O) groups is 1. The molecule has 6 heavy (non-hydrogen) atoms. The van der Waals surface area contributed by atoms with Crippen LogP contribution in [0.25, 0.3) is 0 Å². The van der Waals surface area contributed by atoms with E-state index in [2.05, 4.69) is 6.58 Å². The number of hydrogen-bond donors (Lipinski definition) is 1. The van der Waals surface area contributed by atoms with Crippen molar-refractivity contribution < 1.29 is 62.7 Å². The molecule has 0 saturated heterocycles. The molecule has 0 atom stereocenters. The van der Waals surface area contributed by atoms with Crippen LogP contribution in [0.4, 0.5) is 0 Å². The molecule has 0 aliphatic heterocycles. The van der Waals surface area contributed by atoms with Gasteiger partial charge in [0.2, 0.25) is 0 Å². The van der Waals surface area contributed by atoms with E-state index in [9.17, 15) is 4.79 Å². The fourth-order valence-corrected chi connectivity index (χ4v) is 0. The summed E-state index contributed by atoms with van der Waals surface area (Å²) in [5.74, 6) is -0.981. The van der Waals surface area contributed by atoms with E-state index in [1.165, 1.54) is 0 Å². The third-order valence-corrected chi connectivity index (χ3v) is 0.175. The molecule has 0 aromatic heterocycles. The molecule has 0 aromatic carbocycles. The molecule has 0 aromatic rings. The molecule has 0 rings (SSSR count). The fraction of sp³-hybridized carbons (Fsp3) is 0. The quantitative estimate of drug-likeness (QED) is 0.298. The molecule has 0 heterocycles. The van der Waals surface area contributed by atoms with Gasteiger partial charge in [0, 0.05) is 6.08 Å². The third-order valence-electron chi connectivity index (χ3n) is 0.175. The molecule has 2 nitrogen and oxygen atoms in total. The zero-order chi connectivity index (χ0) is 4.28. The molecule has 0 unspecified atom stereocenters. The smallest absolute Gasteiger partial charge is 1.00 e. The maximum Gasteiger partial charge on any atom is 1.00 e. The van der Waals surface area contributed by atoms with E-state index in [-0.39, 0.29) is 52.8 Å². The van der Waals surface area contributed by atoms with Crippen LogP contribution in [0, 0.1) is 0 Å². The monoisotopic (exact) mass is 112 g/mol. The summed E-state index contributed by atoms with van der Waals surface area (Å²) >= 11 is 0. The standard InChI is InChI=1S/C3H4O2.K.H/c1-2-3(4)5;;/h2H,1H2,(H,4,5);;/q;+1;-1. The molecular formula is C3H5KO2. The van der Waals surface area contributed by atoms with Gasteiger partial charge in [0.25, 0.3) is 0 Å². The molecule has 0 radical (unpaired) electrons. The van der Waals surface area contributed by atoms with Gasteiger partial charge in [-0.3, -0.25) is 0 Å². The van der Waals surface area contributed by atoms with Crippen molar-refractivity contribution in [3.8, 4) is 0 Å². The molecule has 0 amide bonds. The van der Waals surface area contributed by atoms with Crippen LogP contribution in [0.2, 0.25) is 0 Å². The topological polar surface area (TPSA) is 37.3 Å². The Bertz CT molecular complexity index is 64.0. The van der Waals surface area contributed by atoms with Crippen LogP contribution < -0.4 is 51.4 Å². The fourth-order valence-electron chi connectivity index (χ4n) is 0. The largest absolute Gasteiger partial charge is 1.00 e. The minimum absolute atomic E-state index is 0. The second kappa shape index (κ2) is 5.85. The second-order valence-corrected chi connectivity index (χ2v) is 0.542. The Morgan fingerprint density at radius 1 is 2.00 bits per heavy atom. The summed E-state index contributed by atoms with van der Waals surface area (Å²) in [6.07, 6.45) is 0.833. The molecule has 0 aliphatic rings. The van der Waals surface area contributed by atoms with Crippen LogP contribution in [0.15, 0.2) is 12.7 Å². The minimum atomic E-state index is -0.981. The van der Waals surface area contributed by atoms with Crippen molar-refractivity contribution in [3.63, 3.8) is 0 Å². The van der Waals surface area contributed by atoms with Gasteiger partial charge < -0.3 is 6.53 Å². The van der Waals surface area contributed by atoms with Gasteiger partial charge >= 0.3 is 57.4 Å². The number of hydrogen-bond acceptors (Lipinski definition) is 1. The van der Waals surface area contributed by atoms with Gasteiger partial charge in [0.1, 0.15) is 0 Å². The van der Waals surface area contributed by atoms with E-state index in [4.69, 9.17) is 5.11 Å². The van der Waals surface area contributed by atoms with E-state index in [0.717, 1.165) is 6.08 Å². The van der Waals surface area contributed by atoms with Crippen LogP contribution in [0.5, 0.6) is 0 Å². The Kier molecular flexibility index (Phi) is 9.71. The van der Waals surface area contributed by atoms with E-state index in [0.29, 0.717) is 0 Å². The van der Waals surface area contributed by atoms with E-state index in [1.807, 2.05) is 0 Å². The van der Waals surface area contributed by atoms with Crippen molar-refractivity contribution in [2.75, 3.05) is 0 Å². The maximum absolute atomic E-state index is 9.25. The molecule has 0 spiro atoms. The van der Waals surface area contributed by atoms with Crippen LogP contribution in [0.3, 0.4) is 0 Å². The Labute approximate surface area is 80.1 Å². The number of carboxylic acid groups (broad SMARTS) is 1. The summed E-state index contributed by atoms with van der Waals surface area (Å²) < 4.78 is 0. The van der Waals surface area contributed by atoms with Crippen LogP contribution >= 0.6 is 0 Å². The van der Waals surface area contributed by atoms with Crippen LogP contribution in [0.1, 0.15) is 1.43 Å². The summed E-state index contributed by atoms with van der Waals surface area (Å²) in [7, 11) is 0. The second-order valence-electron chi connectivity index (χ2n) is 0.542. The summed E-state index contributed by atoms with van der Waals surface area (Å²) in [4.78, 5) is 9.25. The molecule has 30 valence electrons. The van der Waals surface area contributed by atoms with E-state index in [1.54, 1.807) is 0 Å². The zero-order valence-corrected chi connectivity index (χ0v) is 6.76. The molecule has 1 N–H and O–H groups in total. The van der Waals surface area contributed by atoms with Gasteiger partial charge in [-0.1, -0.05) is 6.58 Å². The maximum atomic E-state index is 9.25. The molecule has 0 saturated carbocycles. The van der Waals surface area contributed by atoms with Gasteiger partial charge in [-0.25, -0.2) is 4.79 Å². The number of aliphatic carboxylic acids is 1. The van der Waals surface area contributed by atoms with Crippen molar-refractivity contribution in [2.45, 2.75) is 0 Å². The summed E-state index contributed by atoms with van der Waals surface area (Å²) in [5.41, 5.74) is 0. The van der Waals surface area contributed by atoms with Gasteiger partial charge in [0.05, 0.1) is 0 Å². The zero-order valence-electron chi connectivity index (χ0n) is 4.64. The normalized spacial score (nSPS) is 5.33. The first-order chi connectivity index (χ1) is 2.27. The predicted octanol–water partition coefficient (Wildman–Crippen LogP) is -2.63. The first-order valence-electron chi connectivity index (χ1n) is 1.12. The average molecular weight is 112 g/mol. The summed E-state index contributed by atoms with van der Waals surface area (Å²) in [5, 5.41) is 7.60. The molecular weight excluding hydrogens is 107 g/mol. The number of carboxylic acids is 1. The van der Waals surface area contributed by atoms with Gasteiger partial charge in [-0.2, -0.15) is 0 Å². The van der Waals surface area contributed by atoms with Gasteiger partial charge in [-0.15, -0.1) is 0 Å². The minimum Gasteiger partial charge on any atom is -1.00 e. The third kappa shape index (κ3) is 8.85. The molecule has 0 aliphatic carbocycles. The predicted molar refractivity (Wildman–Crippen MR) is 18.9 cm³/mol. The molecule has 0 bridgehead atoms. The van der Waals surface area contributed by atoms with Crippen molar-refractivity contribution in [3.05, 3.63) is 12.7 Å². The van der Waals surface area contributed by atoms with Crippen LogP contribution in [-0.2, 0) is 4.79 Å². The SMILES string of the molecule is C=CC(=O)O.[H-].[K+]. The number of rotatable bonds is 1. The molecule has 3 heteroatoms. The average Bonchev–Trinajstić information content (AvgIpc) is 1.38. The summed E-state index contributed by atoms with van der Waals surface area (Å²) in [6, 6.07) is 0. The van der Waals surface area contributed by atoms with Gasteiger partial charge in [0.15, 0.2) is 0 Å². The summed E-state index contributed by atoms with van der Waals surface area (Å²) in [6.45, 7) is 2.96. The molecule has 0 fully saturated rings. The first-order valence-corrected chi connectivity index (χ1v) is 1.12. The van der Waals surface area contributed by atoms with E-state index < -0.39 is 5.97 Å². The van der Waals surface area contributed by atoms with Gasteiger partial charge in [-0.05, 0) is 0 Å². The van der Waals surface area contributed by atoms with Crippen molar-refractivity contribution in [1.29, 1.82) is 0 Å². The van der Waals surface area contributed by atoms with Crippen LogP contribution in [-0.4, -0.2) is 11.1 Å². The van der Waals surface area contributed by atoms with Crippen molar-refractivity contribution in [2.24, 2.45) is 0 Å². The Balaban J connectivity index is -0.0000000800. The Hall–Kier alpha value is 0.846. The van der Waals surface area contributed by atoms with E-state index >= 15 is 0 Å². The van der Waals surface area contributed by atoms with Crippen molar-refractivity contribution >= 4 is 5.97 Å². The Morgan fingerprint density at radius 2 is 2.17 bits per heavy atom. The Morgan fingerprint density at radius 3 is 2.17 bits per heavy atom. The first kappa shape index (κ1) is 9.96. The van der Waals surface area contributed by atoms with Crippen molar-refractivity contribution in [1.82, 2.24) is 0 Å².